The Bertz CT molecular complexity index is 1160. The summed E-state index contributed by atoms with van der Waals surface area (Å²) in [6.07, 6.45) is 0. The third-order valence-electron chi connectivity index (χ3n) is 5.72. The van der Waals surface area contributed by atoms with Crippen molar-refractivity contribution in [3.63, 3.8) is 0 Å². The molecule has 0 bridgehead atoms. The van der Waals surface area contributed by atoms with E-state index < -0.39 is 10.0 Å². The summed E-state index contributed by atoms with van der Waals surface area (Å²) in [4.78, 5) is 4.06. The molecule has 10 heteroatoms. The summed E-state index contributed by atoms with van der Waals surface area (Å²) < 4.78 is 41.7. The molecule has 0 saturated carbocycles. The van der Waals surface area contributed by atoms with E-state index >= 15 is 0 Å². The molecular formula is C26H37N5O4S. The maximum Gasteiger partial charge on any atom is 0.263 e. The first-order valence-electron chi connectivity index (χ1n) is 11.7. The van der Waals surface area contributed by atoms with Gasteiger partial charge in [0.25, 0.3) is 10.0 Å². The van der Waals surface area contributed by atoms with Crippen molar-refractivity contribution in [3.8, 4) is 11.5 Å². The van der Waals surface area contributed by atoms with Crippen LogP contribution in [0.1, 0.15) is 16.8 Å². The lowest BCUT2D eigenvalue weighted by Gasteiger charge is -2.21. The summed E-state index contributed by atoms with van der Waals surface area (Å²) >= 11 is 0. The number of sulfonamides is 1. The van der Waals surface area contributed by atoms with Gasteiger partial charge in [-0.05, 0) is 63.6 Å². The summed E-state index contributed by atoms with van der Waals surface area (Å²) in [6.45, 7) is 2.34. The van der Waals surface area contributed by atoms with Gasteiger partial charge in [0.2, 0.25) is 0 Å². The Hall–Kier alpha value is -2.92. The zero-order valence-corrected chi connectivity index (χ0v) is 22.8. The van der Waals surface area contributed by atoms with Crippen LogP contribution in [0.15, 0.2) is 59.6 Å². The molecule has 0 aliphatic rings. The fourth-order valence-electron chi connectivity index (χ4n) is 3.72. The molecule has 0 N–H and O–H groups in total. The number of likely N-dealkylation sites (N-methyl/N-ethyl adjacent to an activating group) is 1. The van der Waals surface area contributed by atoms with Crippen molar-refractivity contribution >= 4 is 10.0 Å². The molecule has 3 rings (SSSR count). The van der Waals surface area contributed by atoms with Crippen molar-refractivity contribution < 1.29 is 17.9 Å². The number of rotatable bonds is 13. The average molecular weight is 516 g/mol. The molecule has 3 aromatic rings. The number of benzene rings is 2. The fourth-order valence-corrected chi connectivity index (χ4v) is 5.11. The highest BCUT2D eigenvalue weighted by Crippen LogP contribution is 2.24. The van der Waals surface area contributed by atoms with E-state index in [1.807, 2.05) is 81.6 Å². The number of ether oxygens (including phenoxy) is 2. The summed E-state index contributed by atoms with van der Waals surface area (Å²) in [6, 6.07) is 16.5. The highest BCUT2D eigenvalue weighted by molar-refractivity contribution is 7.89. The van der Waals surface area contributed by atoms with Crippen LogP contribution < -0.4 is 9.47 Å². The van der Waals surface area contributed by atoms with Crippen LogP contribution in [0.4, 0.5) is 0 Å². The number of methoxy groups -OCH3 is 2. The largest absolute Gasteiger partial charge is 0.497 e. The Morgan fingerprint density at radius 2 is 1.28 bits per heavy atom. The van der Waals surface area contributed by atoms with Crippen molar-refractivity contribution in [1.29, 1.82) is 0 Å². The maximum absolute atomic E-state index is 14.0. The van der Waals surface area contributed by atoms with Crippen molar-refractivity contribution in [1.82, 2.24) is 23.9 Å². The van der Waals surface area contributed by atoms with Crippen LogP contribution in [-0.2, 0) is 36.2 Å². The highest BCUT2D eigenvalue weighted by atomic mass is 32.2. The van der Waals surface area contributed by atoms with E-state index in [1.165, 1.54) is 4.31 Å². The molecule has 1 aromatic heterocycles. The predicted molar refractivity (Wildman–Crippen MR) is 141 cm³/mol. The lowest BCUT2D eigenvalue weighted by Crippen LogP contribution is -2.31. The first-order valence-corrected chi connectivity index (χ1v) is 13.2. The molecule has 0 amide bonds. The first-order chi connectivity index (χ1) is 17.1. The van der Waals surface area contributed by atoms with E-state index in [0.717, 1.165) is 34.9 Å². The van der Waals surface area contributed by atoms with Crippen LogP contribution in [0.2, 0.25) is 0 Å². The molecule has 0 fully saturated rings. The van der Waals surface area contributed by atoms with Crippen LogP contribution in [0.25, 0.3) is 0 Å². The molecule has 0 unspecified atom stereocenters. The molecule has 0 spiro atoms. The van der Waals surface area contributed by atoms with Crippen molar-refractivity contribution in [2.75, 3.05) is 49.0 Å². The second-order valence-electron chi connectivity index (χ2n) is 9.21. The third-order valence-corrected chi connectivity index (χ3v) is 7.38. The van der Waals surface area contributed by atoms with Crippen LogP contribution in [-0.4, -0.2) is 81.3 Å². The molecule has 36 heavy (non-hydrogen) atoms. The number of hydrogen-bond donors (Lipinski definition) is 0. The van der Waals surface area contributed by atoms with Crippen molar-refractivity contribution in [2.45, 2.75) is 31.2 Å². The molecule has 0 saturated heterocycles. The van der Waals surface area contributed by atoms with E-state index in [4.69, 9.17) is 9.47 Å². The minimum absolute atomic E-state index is 0.0557. The number of hydrogen-bond acceptors (Lipinski definition) is 7. The summed E-state index contributed by atoms with van der Waals surface area (Å²) in [5, 5.41) is 4.62. The SMILES string of the molecule is COc1ccc(CN(Cc2ccc(OC)cc2)S(=O)(=O)c2cc(CN(C)C)n(CCN(C)C)n2)cc1. The van der Waals surface area contributed by atoms with Gasteiger partial charge in [0.1, 0.15) is 11.5 Å². The van der Waals surface area contributed by atoms with E-state index in [1.54, 1.807) is 25.0 Å². The molecule has 2 aromatic carbocycles. The number of aromatic nitrogens is 2. The van der Waals surface area contributed by atoms with Crippen LogP contribution in [0, 0.1) is 0 Å². The van der Waals surface area contributed by atoms with Gasteiger partial charge >= 0.3 is 0 Å². The number of nitrogens with zero attached hydrogens (tertiary/aromatic N) is 5. The molecule has 0 radical (unpaired) electrons. The monoisotopic (exact) mass is 515 g/mol. The van der Waals surface area contributed by atoms with Crippen molar-refractivity contribution in [3.05, 3.63) is 71.4 Å². The van der Waals surface area contributed by atoms with Crippen LogP contribution in [0.3, 0.4) is 0 Å². The van der Waals surface area contributed by atoms with E-state index in [9.17, 15) is 8.42 Å². The van der Waals surface area contributed by atoms with Gasteiger partial charge in [-0.1, -0.05) is 24.3 Å². The Morgan fingerprint density at radius 1 is 0.778 bits per heavy atom. The van der Waals surface area contributed by atoms with Crippen LogP contribution >= 0.6 is 0 Å². The minimum atomic E-state index is -3.90. The van der Waals surface area contributed by atoms with Gasteiger partial charge in [-0.15, -0.1) is 0 Å². The normalized spacial score (nSPS) is 12.0. The van der Waals surface area contributed by atoms with E-state index in [-0.39, 0.29) is 18.1 Å². The van der Waals surface area contributed by atoms with E-state index in [0.29, 0.717) is 13.1 Å². The average Bonchev–Trinajstić information content (AvgIpc) is 3.26. The zero-order chi connectivity index (χ0) is 26.3. The highest BCUT2D eigenvalue weighted by Gasteiger charge is 2.29. The van der Waals surface area contributed by atoms with E-state index in [2.05, 4.69) is 10.00 Å². The quantitative estimate of drug-likeness (QED) is 0.346. The first kappa shape index (κ1) is 27.7. The van der Waals surface area contributed by atoms with Gasteiger partial charge in [0.05, 0.1) is 26.5 Å². The third kappa shape index (κ3) is 7.30. The summed E-state index contributed by atoms with van der Waals surface area (Å²) in [5.41, 5.74) is 2.57. The molecule has 1 heterocycles. The lowest BCUT2D eigenvalue weighted by molar-refractivity contribution is 0.346. The minimum Gasteiger partial charge on any atom is -0.497 e. The van der Waals surface area contributed by atoms with Gasteiger partial charge in [-0.2, -0.15) is 9.40 Å². The van der Waals surface area contributed by atoms with Crippen molar-refractivity contribution in [2.24, 2.45) is 0 Å². The topological polar surface area (TPSA) is 80.1 Å². The molecule has 0 aliphatic carbocycles. The Morgan fingerprint density at radius 3 is 1.69 bits per heavy atom. The molecule has 9 nitrogen and oxygen atoms in total. The Balaban J connectivity index is 1.98. The molecule has 196 valence electrons. The lowest BCUT2D eigenvalue weighted by atomic mass is 10.2. The summed E-state index contributed by atoms with van der Waals surface area (Å²) in [5.74, 6) is 1.44. The molecule has 0 aliphatic heterocycles. The Kier molecular flexibility index (Phi) is 9.49. The maximum atomic E-state index is 14.0. The van der Waals surface area contributed by atoms with Gasteiger partial charge in [0, 0.05) is 32.2 Å². The predicted octanol–water partition coefficient (Wildman–Crippen LogP) is 2.91. The smallest absolute Gasteiger partial charge is 0.263 e. The molecular weight excluding hydrogens is 478 g/mol. The van der Waals surface area contributed by atoms with Crippen LogP contribution in [0.5, 0.6) is 11.5 Å². The zero-order valence-electron chi connectivity index (χ0n) is 22.0. The molecule has 0 atom stereocenters. The van der Waals surface area contributed by atoms with Gasteiger partial charge in [-0.3, -0.25) is 4.68 Å². The summed E-state index contributed by atoms with van der Waals surface area (Å²) in [7, 11) is 7.19. The second kappa shape index (κ2) is 12.4. The fraction of sp³-hybridized carbons (Fsp3) is 0.423. The van der Waals surface area contributed by atoms with Gasteiger partial charge < -0.3 is 19.3 Å². The Labute approximate surface area is 214 Å². The standard InChI is InChI=1S/C26H37N5O4S/c1-28(2)15-16-31-23(20-29(3)4)17-26(27-31)36(32,33)30(18-21-7-11-24(34-5)12-8-21)19-22-9-13-25(35-6)14-10-22/h7-14,17H,15-16,18-20H2,1-6H3. The second-order valence-corrected chi connectivity index (χ2v) is 11.1. The van der Waals surface area contributed by atoms with Gasteiger partial charge in [0.15, 0.2) is 5.03 Å². The van der Waals surface area contributed by atoms with Gasteiger partial charge in [-0.25, -0.2) is 8.42 Å².